The van der Waals surface area contributed by atoms with Crippen molar-refractivity contribution in [3.8, 4) is 0 Å². The third-order valence-electron chi connectivity index (χ3n) is 1.67. The zero-order valence-electron chi connectivity index (χ0n) is 9.46. The predicted molar refractivity (Wildman–Crippen MR) is 56.1 cm³/mol. The van der Waals surface area contributed by atoms with Crippen LogP contribution < -0.4 is 10.6 Å². The third-order valence-corrected chi connectivity index (χ3v) is 1.67. The molecule has 0 fully saturated rings. The third kappa shape index (κ3) is 5.90. The Morgan fingerprint density at radius 2 is 1.06 bits per heavy atom. The molecule has 0 aliphatic rings. The molecule has 0 saturated carbocycles. The molecule has 16 heavy (non-hydrogen) atoms. The van der Waals surface area contributed by atoms with E-state index in [2.05, 4.69) is 0 Å². The van der Waals surface area contributed by atoms with Crippen molar-refractivity contribution in [2.75, 3.05) is 0 Å². The molecule has 0 radical (unpaired) electrons. The highest BCUT2D eigenvalue weighted by Crippen LogP contribution is 1.87. The number of hydrogen-bond donors (Lipinski definition) is 2. The van der Waals surface area contributed by atoms with E-state index in [9.17, 15) is 19.2 Å². The van der Waals surface area contributed by atoms with E-state index in [4.69, 9.17) is 0 Å². The quantitative estimate of drug-likeness (QED) is 0.656. The Labute approximate surface area is 93.8 Å². The van der Waals surface area contributed by atoms with Gasteiger partial charge in [0.15, 0.2) is 0 Å². The highest BCUT2D eigenvalue weighted by atomic mass is 16.2. The van der Waals surface area contributed by atoms with E-state index in [0.29, 0.717) is 12.8 Å². The fourth-order valence-corrected chi connectivity index (χ4v) is 0.946. The minimum absolute atomic E-state index is 0.169. The molecule has 0 saturated heterocycles. The molecule has 0 spiro atoms. The van der Waals surface area contributed by atoms with Crippen LogP contribution in [0, 0.1) is 0 Å². The van der Waals surface area contributed by atoms with Crippen LogP contribution in [0.25, 0.3) is 0 Å². The Morgan fingerprint density at radius 3 is 1.31 bits per heavy atom. The molecule has 0 aromatic carbocycles. The summed E-state index contributed by atoms with van der Waals surface area (Å²) in [5.41, 5.74) is 0. The Balaban J connectivity index is 4.04. The molecule has 0 heterocycles. The summed E-state index contributed by atoms with van der Waals surface area (Å²) in [5, 5.41) is 3.77. The lowest BCUT2D eigenvalue weighted by atomic mass is 10.3. The van der Waals surface area contributed by atoms with Crippen molar-refractivity contribution < 1.29 is 19.2 Å². The molecule has 6 nitrogen and oxygen atoms in total. The van der Waals surface area contributed by atoms with E-state index in [1.54, 1.807) is 13.8 Å². The van der Waals surface area contributed by atoms with E-state index in [1.807, 2.05) is 10.6 Å². The van der Waals surface area contributed by atoms with Crippen molar-refractivity contribution >= 4 is 23.6 Å². The Hall–Kier alpha value is -1.72. The Morgan fingerprint density at radius 1 is 0.750 bits per heavy atom. The zero-order chi connectivity index (χ0) is 12.6. The average Bonchev–Trinajstić information content (AvgIpc) is 2.17. The maximum atomic E-state index is 11.1. The van der Waals surface area contributed by atoms with Gasteiger partial charge in [0, 0.05) is 12.8 Å². The van der Waals surface area contributed by atoms with Gasteiger partial charge in [-0.1, -0.05) is 13.8 Å². The van der Waals surface area contributed by atoms with Gasteiger partial charge in [-0.25, -0.2) is 0 Å². The fourth-order valence-electron chi connectivity index (χ4n) is 0.946. The van der Waals surface area contributed by atoms with Gasteiger partial charge in [-0.3, -0.25) is 29.8 Å². The van der Waals surface area contributed by atoms with Crippen molar-refractivity contribution in [2.45, 2.75) is 39.5 Å². The van der Waals surface area contributed by atoms with Gasteiger partial charge in [0.2, 0.25) is 11.8 Å². The van der Waals surface area contributed by atoms with Crippen LogP contribution in [0.5, 0.6) is 0 Å². The molecule has 0 aromatic heterocycles. The van der Waals surface area contributed by atoms with E-state index in [0.717, 1.165) is 0 Å². The molecule has 4 amide bonds. The second-order valence-corrected chi connectivity index (χ2v) is 3.25. The van der Waals surface area contributed by atoms with E-state index in [-0.39, 0.29) is 12.8 Å². The lowest BCUT2D eigenvalue weighted by Gasteiger charge is -2.03. The molecule has 2 N–H and O–H groups in total. The van der Waals surface area contributed by atoms with Gasteiger partial charge in [0.25, 0.3) is 0 Å². The van der Waals surface area contributed by atoms with Crippen LogP contribution in [0.4, 0.5) is 0 Å². The smallest absolute Gasteiger partial charge is 0.288 e. The number of imide groups is 2. The van der Waals surface area contributed by atoms with Gasteiger partial charge in [-0.15, -0.1) is 0 Å². The molecule has 0 aromatic rings. The summed E-state index contributed by atoms with van der Waals surface area (Å²) in [6, 6.07) is 0. The number of hydrogen-bond acceptors (Lipinski definition) is 4. The molecule has 0 atom stereocenters. The lowest BCUT2D eigenvalue weighted by Crippen LogP contribution is -2.44. The summed E-state index contributed by atoms with van der Waals surface area (Å²) in [6.07, 6.45) is 1.49. The van der Waals surface area contributed by atoms with Crippen LogP contribution in [-0.2, 0) is 19.2 Å². The summed E-state index contributed by atoms with van der Waals surface area (Å²) in [5.74, 6) is -3.23. The number of carbonyl (C=O) groups excluding carboxylic acids is 4. The highest BCUT2D eigenvalue weighted by molar-refractivity contribution is 6.40. The van der Waals surface area contributed by atoms with Gasteiger partial charge >= 0.3 is 11.8 Å². The van der Waals surface area contributed by atoms with Crippen molar-refractivity contribution in [1.29, 1.82) is 0 Å². The minimum atomic E-state index is -1.09. The predicted octanol–water partition coefficient (Wildman–Crippen LogP) is -0.128. The summed E-state index contributed by atoms with van der Waals surface area (Å²) in [4.78, 5) is 44.1. The summed E-state index contributed by atoms with van der Waals surface area (Å²) < 4.78 is 0. The SMILES string of the molecule is CCCC(=O)NC(=O)C(=O)NC(=O)CCC. The maximum absolute atomic E-state index is 11.1. The van der Waals surface area contributed by atoms with Crippen molar-refractivity contribution in [1.82, 2.24) is 10.6 Å². The monoisotopic (exact) mass is 228 g/mol. The van der Waals surface area contributed by atoms with Gasteiger partial charge < -0.3 is 0 Å². The van der Waals surface area contributed by atoms with Crippen LogP contribution in [0.15, 0.2) is 0 Å². The number of carbonyl (C=O) groups is 4. The van der Waals surface area contributed by atoms with Gasteiger partial charge in [-0.2, -0.15) is 0 Å². The molecular weight excluding hydrogens is 212 g/mol. The van der Waals surface area contributed by atoms with Gasteiger partial charge in [0.05, 0.1) is 0 Å². The van der Waals surface area contributed by atoms with E-state index >= 15 is 0 Å². The molecule has 90 valence electrons. The van der Waals surface area contributed by atoms with Crippen molar-refractivity contribution in [2.24, 2.45) is 0 Å². The van der Waals surface area contributed by atoms with Crippen LogP contribution >= 0.6 is 0 Å². The first-order chi connectivity index (χ1) is 7.51. The fraction of sp³-hybridized carbons (Fsp3) is 0.600. The van der Waals surface area contributed by atoms with Crippen molar-refractivity contribution in [3.63, 3.8) is 0 Å². The van der Waals surface area contributed by atoms with Crippen LogP contribution in [0.1, 0.15) is 39.5 Å². The topological polar surface area (TPSA) is 92.3 Å². The van der Waals surface area contributed by atoms with Crippen LogP contribution in [0.3, 0.4) is 0 Å². The number of amides is 4. The van der Waals surface area contributed by atoms with Crippen LogP contribution in [-0.4, -0.2) is 23.6 Å². The zero-order valence-corrected chi connectivity index (χ0v) is 9.46. The largest absolute Gasteiger partial charge is 0.316 e. The van der Waals surface area contributed by atoms with Gasteiger partial charge in [-0.05, 0) is 12.8 Å². The second kappa shape index (κ2) is 7.56. The Bertz CT molecular complexity index is 269. The summed E-state index contributed by atoms with van der Waals surface area (Å²) in [6.45, 7) is 3.55. The molecule has 0 unspecified atom stereocenters. The van der Waals surface area contributed by atoms with Crippen molar-refractivity contribution in [3.05, 3.63) is 0 Å². The number of nitrogens with one attached hydrogen (secondary N) is 2. The molecule has 0 aliphatic heterocycles. The second-order valence-electron chi connectivity index (χ2n) is 3.25. The molecule has 6 heteroatoms. The lowest BCUT2D eigenvalue weighted by molar-refractivity contribution is -0.144. The Kier molecular flexibility index (Phi) is 6.74. The summed E-state index contributed by atoms with van der Waals surface area (Å²) in [7, 11) is 0. The molecule has 0 aliphatic carbocycles. The molecule has 0 rings (SSSR count). The normalized spacial score (nSPS) is 9.38. The van der Waals surface area contributed by atoms with Gasteiger partial charge in [0.1, 0.15) is 0 Å². The maximum Gasteiger partial charge on any atom is 0.316 e. The molecular formula is C10H16N2O4. The van der Waals surface area contributed by atoms with E-state index in [1.165, 1.54) is 0 Å². The highest BCUT2D eigenvalue weighted by Gasteiger charge is 2.18. The van der Waals surface area contributed by atoms with Crippen LogP contribution in [0.2, 0.25) is 0 Å². The average molecular weight is 228 g/mol. The minimum Gasteiger partial charge on any atom is -0.288 e. The van der Waals surface area contributed by atoms with E-state index < -0.39 is 23.6 Å². The first-order valence-corrected chi connectivity index (χ1v) is 5.19. The first-order valence-electron chi connectivity index (χ1n) is 5.19. The standard InChI is InChI=1S/C10H16N2O4/c1-3-5-7(13)11-9(15)10(16)12-8(14)6-4-2/h3-6H2,1-2H3,(H,11,13,15)(H,12,14,16). The number of rotatable bonds is 4. The summed E-state index contributed by atoms with van der Waals surface area (Å²) >= 11 is 0. The first kappa shape index (κ1) is 14.3. The molecule has 0 bridgehead atoms.